The number of carbonyl (C=O) groups is 3. The molecule has 1 heterocycles. The molecule has 0 aliphatic heterocycles. The lowest BCUT2D eigenvalue weighted by atomic mass is 10.1. The Bertz CT molecular complexity index is 519. The summed E-state index contributed by atoms with van der Waals surface area (Å²) in [6, 6.07) is -2.02. The Morgan fingerprint density at radius 2 is 2.00 bits per heavy atom. The lowest BCUT2D eigenvalue weighted by Crippen LogP contribution is -2.53. The number of amides is 2. The zero-order valence-corrected chi connectivity index (χ0v) is 12.6. The second kappa shape index (κ2) is 9.54. The normalized spacial score (nSPS) is 13.1. The van der Waals surface area contributed by atoms with Gasteiger partial charge in [0.15, 0.2) is 0 Å². The van der Waals surface area contributed by atoms with Crippen LogP contribution >= 0.6 is 0 Å². The third-order valence-electron chi connectivity index (χ3n) is 3.13. The molecule has 1 aromatic heterocycles. The van der Waals surface area contributed by atoms with E-state index >= 15 is 0 Å². The maximum absolute atomic E-state index is 12.3. The first-order valence-corrected chi connectivity index (χ1v) is 7.17. The van der Waals surface area contributed by atoms with Gasteiger partial charge < -0.3 is 32.2 Å². The molecule has 0 aliphatic carbocycles. The van der Waals surface area contributed by atoms with Crippen molar-refractivity contribution >= 4 is 17.8 Å². The predicted octanol–water partition coefficient (Wildman–Crippen LogP) is -2.30. The number of nitrogens with zero attached hydrogens (tertiary/aromatic N) is 1. The van der Waals surface area contributed by atoms with Gasteiger partial charge in [-0.3, -0.25) is 9.59 Å². The number of H-pyrrole nitrogens is 1. The van der Waals surface area contributed by atoms with Crippen molar-refractivity contribution in [3.8, 4) is 0 Å². The van der Waals surface area contributed by atoms with Crippen molar-refractivity contribution in [3.05, 3.63) is 18.2 Å². The zero-order chi connectivity index (χ0) is 17.2. The van der Waals surface area contributed by atoms with Crippen LogP contribution in [0.2, 0.25) is 0 Å². The number of nitrogens with one attached hydrogen (secondary N) is 3. The number of carbonyl (C=O) groups excluding carboxylic acids is 2. The van der Waals surface area contributed by atoms with Crippen LogP contribution in [0.4, 0.5) is 0 Å². The Kier molecular flexibility index (Phi) is 7.71. The summed E-state index contributed by atoms with van der Waals surface area (Å²) in [7, 11) is 0. The molecule has 128 valence electrons. The van der Waals surface area contributed by atoms with Crippen molar-refractivity contribution in [2.75, 3.05) is 13.1 Å². The van der Waals surface area contributed by atoms with E-state index in [0.717, 1.165) is 0 Å². The summed E-state index contributed by atoms with van der Waals surface area (Å²) in [4.78, 5) is 41.6. The third kappa shape index (κ3) is 6.45. The molecule has 8 N–H and O–H groups in total. The van der Waals surface area contributed by atoms with Crippen LogP contribution in [0.5, 0.6) is 0 Å². The molecule has 0 spiro atoms. The summed E-state index contributed by atoms with van der Waals surface area (Å²) in [5, 5.41) is 14.0. The number of hydrogen-bond acceptors (Lipinski definition) is 6. The van der Waals surface area contributed by atoms with Gasteiger partial charge in [0.05, 0.1) is 12.9 Å². The molecule has 2 atom stereocenters. The molecular formula is C13H22N6O4. The molecule has 0 aliphatic rings. The van der Waals surface area contributed by atoms with Gasteiger partial charge in [-0.05, 0) is 19.4 Å². The van der Waals surface area contributed by atoms with E-state index in [0.29, 0.717) is 18.7 Å². The molecule has 0 saturated carbocycles. The van der Waals surface area contributed by atoms with Gasteiger partial charge in [0.2, 0.25) is 11.8 Å². The van der Waals surface area contributed by atoms with Crippen LogP contribution in [0.25, 0.3) is 0 Å². The van der Waals surface area contributed by atoms with E-state index in [1.165, 1.54) is 12.5 Å². The average Bonchev–Trinajstić information content (AvgIpc) is 3.03. The van der Waals surface area contributed by atoms with Crippen LogP contribution in [0.3, 0.4) is 0 Å². The summed E-state index contributed by atoms with van der Waals surface area (Å²) < 4.78 is 0. The van der Waals surface area contributed by atoms with Crippen LogP contribution in [0.1, 0.15) is 18.5 Å². The number of carboxylic acids is 1. The van der Waals surface area contributed by atoms with Crippen LogP contribution in [0.15, 0.2) is 12.5 Å². The zero-order valence-electron chi connectivity index (χ0n) is 12.6. The van der Waals surface area contributed by atoms with Crippen LogP contribution in [0, 0.1) is 0 Å². The number of aromatic amines is 1. The topological polar surface area (TPSA) is 176 Å². The average molecular weight is 326 g/mol. The number of aliphatic carboxylic acids is 1. The van der Waals surface area contributed by atoms with Crippen LogP contribution in [-0.2, 0) is 20.8 Å². The van der Waals surface area contributed by atoms with E-state index in [1.54, 1.807) is 0 Å². The van der Waals surface area contributed by atoms with Crippen molar-refractivity contribution in [2.24, 2.45) is 11.5 Å². The maximum Gasteiger partial charge on any atom is 0.326 e. The van der Waals surface area contributed by atoms with Gasteiger partial charge in [-0.25, -0.2) is 9.78 Å². The summed E-state index contributed by atoms with van der Waals surface area (Å²) in [6.45, 7) is 0.0451. The van der Waals surface area contributed by atoms with Gasteiger partial charge in [-0.1, -0.05) is 0 Å². The summed E-state index contributed by atoms with van der Waals surface area (Å²) >= 11 is 0. The molecule has 1 aromatic rings. The Morgan fingerprint density at radius 1 is 1.26 bits per heavy atom. The number of aromatic nitrogens is 2. The molecule has 0 bridgehead atoms. The van der Waals surface area contributed by atoms with Crippen molar-refractivity contribution < 1.29 is 19.5 Å². The van der Waals surface area contributed by atoms with E-state index in [2.05, 4.69) is 20.6 Å². The molecule has 0 aromatic carbocycles. The molecule has 0 unspecified atom stereocenters. The highest BCUT2D eigenvalue weighted by Crippen LogP contribution is 2.02. The fourth-order valence-corrected chi connectivity index (χ4v) is 1.93. The van der Waals surface area contributed by atoms with E-state index in [9.17, 15) is 14.4 Å². The molecule has 10 nitrogen and oxygen atoms in total. The van der Waals surface area contributed by atoms with E-state index in [4.69, 9.17) is 16.6 Å². The van der Waals surface area contributed by atoms with Crippen LogP contribution < -0.4 is 22.1 Å². The maximum atomic E-state index is 12.3. The van der Waals surface area contributed by atoms with E-state index < -0.39 is 29.9 Å². The quantitative estimate of drug-likeness (QED) is 0.280. The Labute approximate surface area is 133 Å². The lowest BCUT2D eigenvalue weighted by molar-refractivity contribution is -0.142. The largest absolute Gasteiger partial charge is 0.480 e. The Balaban J connectivity index is 2.75. The van der Waals surface area contributed by atoms with E-state index in [1.807, 2.05) is 0 Å². The Morgan fingerprint density at radius 3 is 2.52 bits per heavy atom. The molecule has 10 heteroatoms. The second-order valence-electron chi connectivity index (χ2n) is 4.94. The number of imidazole rings is 1. The second-order valence-corrected chi connectivity index (χ2v) is 4.94. The van der Waals surface area contributed by atoms with Crippen molar-refractivity contribution in [1.29, 1.82) is 0 Å². The molecule has 1 rings (SSSR count). The summed E-state index contributed by atoms with van der Waals surface area (Å²) in [5.41, 5.74) is 11.2. The minimum Gasteiger partial charge on any atom is -0.480 e. The van der Waals surface area contributed by atoms with Gasteiger partial charge in [-0.2, -0.15) is 0 Å². The highest BCUT2D eigenvalue weighted by atomic mass is 16.4. The number of rotatable bonds is 10. The predicted molar refractivity (Wildman–Crippen MR) is 81.1 cm³/mol. The molecule has 0 fully saturated rings. The molecule has 23 heavy (non-hydrogen) atoms. The summed E-state index contributed by atoms with van der Waals surface area (Å²) in [6.07, 6.45) is 3.76. The monoisotopic (exact) mass is 326 g/mol. The Hall–Kier alpha value is -2.46. The lowest BCUT2D eigenvalue weighted by Gasteiger charge is -2.21. The minimum atomic E-state index is -1.16. The third-order valence-corrected chi connectivity index (χ3v) is 3.13. The molecule has 0 radical (unpaired) electrons. The first-order chi connectivity index (χ1) is 11.0. The van der Waals surface area contributed by atoms with E-state index in [-0.39, 0.29) is 19.4 Å². The molecule has 0 saturated heterocycles. The number of nitrogens with two attached hydrogens (primary N) is 2. The molecular weight excluding hydrogens is 304 g/mol. The van der Waals surface area contributed by atoms with Gasteiger partial charge >= 0.3 is 5.97 Å². The van der Waals surface area contributed by atoms with Crippen molar-refractivity contribution in [1.82, 2.24) is 20.6 Å². The van der Waals surface area contributed by atoms with Crippen molar-refractivity contribution in [3.63, 3.8) is 0 Å². The van der Waals surface area contributed by atoms with Gasteiger partial charge in [0, 0.05) is 18.3 Å². The standard InChI is InChI=1S/C13H22N6O4/c14-3-1-2-9(13(22)23)19-12(21)10(18-11(20)5-15)4-8-6-16-7-17-8/h6-7,9-10H,1-5,14-15H2,(H,16,17)(H,18,20)(H,19,21)(H,22,23)/t9-,10-/m0/s1. The fraction of sp³-hybridized carbons (Fsp3) is 0.538. The number of hydrogen-bond donors (Lipinski definition) is 6. The first kappa shape index (κ1) is 18.6. The van der Waals surface area contributed by atoms with Gasteiger partial charge in [0.1, 0.15) is 12.1 Å². The van der Waals surface area contributed by atoms with Gasteiger partial charge in [-0.15, -0.1) is 0 Å². The minimum absolute atomic E-state index is 0.140. The number of carboxylic acid groups (broad SMARTS) is 1. The smallest absolute Gasteiger partial charge is 0.326 e. The first-order valence-electron chi connectivity index (χ1n) is 7.17. The molecule has 2 amide bonds. The SMILES string of the molecule is NCCC[C@H](NC(=O)[C@H](Cc1cnc[nH]1)NC(=O)CN)C(=O)O. The van der Waals surface area contributed by atoms with Gasteiger partial charge in [0.25, 0.3) is 0 Å². The highest BCUT2D eigenvalue weighted by Gasteiger charge is 2.26. The van der Waals surface area contributed by atoms with Crippen molar-refractivity contribution in [2.45, 2.75) is 31.3 Å². The summed E-state index contributed by atoms with van der Waals surface area (Å²) in [5.74, 6) is -2.28. The highest BCUT2D eigenvalue weighted by molar-refractivity contribution is 5.90. The fourth-order valence-electron chi connectivity index (χ4n) is 1.93. The van der Waals surface area contributed by atoms with Crippen LogP contribution in [-0.4, -0.2) is 58.0 Å².